The van der Waals surface area contributed by atoms with Crippen LogP contribution < -0.4 is 4.90 Å². The van der Waals surface area contributed by atoms with E-state index in [9.17, 15) is 9.65 Å². The first-order valence-electron chi connectivity index (χ1n) is 9.21. The third kappa shape index (κ3) is 2.87. The van der Waals surface area contributed by atoms with Gasteiger partial charge in [0.15, 0.2) is 0 Å². The maximum absolute atomic E-state index is 13.5. The Hall–Kier alpha value is -3.13. The van der Waals surface area contributed by atoms with Crippen molar-refractivity contribution in [2.24, 2.45) is 0 Å². The summed E-state index contributed by atoms with van der Waals surface area (Å²) < 4.78 is 19.5. The number of benzene rings is 2. The Kier molecular flexibility index (Phi) is 3.71. The van der Waals surface area contributed by atoms with Crippen LogP contribution in [-0.4, -0.2) is 11.5 Å². The molecule has 2 atom stereocenters. The zero-order valence-electron chi connectivity index (χ0n) is 14.7. The van der Waals surface area contributed by atoms with Crippen LogP contribution in [0.2, 0.25) is 0 Å². The van der Waals surface area contributed by atoms with Crippen LogP contribution in [-0.2, 0) is 13.0 Å². The van der Waals surface area contributed by atoms with E-state index >= 15 is 0 Å². The molecule has 0 bridgehead atoms. The number of hydrogen-bond acceptors (Lipinski definition) is 4. The first kappa shape index (κ1) is 16.1. The van der Waals surface area contributed by atoms with E-state index in [4.69, 9.17) is 4.42 Å². The van der Waals surface area contributed by atoms with Gasteiger partial charge in [0.05, 0.1) is 0 Å². The minimum atomic E-state index is -0.226. The minimum Gasteiger partial charge on any atom is -0.423 e. The largest absolute Gasteiger partial charge is 0.423 e. The highest BCUT2D eigenvalue weighted by Gasteiger charge is 2.44. The number of hydrogen-bond donors (Lipinski definition) is 0. The molecule has 0 amide bonds. The van der Waals surface area contributed by atoms with Crippen molar-refractivity contribution in [3.63, 3.8) is 0 Å². The molecule has 0 spiro atoms. The van der Waals surface area contributed by atoms with E-state index in [0.29, 0.717) is 17.5 Å². The summed E-state index contributed by atoms with van der Waals surface area (Å²) in [5.41, 5.74) is 3.91. The summed E-state index contributed by atoms with van der Waals surface area (Å²) in [7, 11) is 0. The van der Waals surface area contributed by atoms with Crippen LogP contribution in [0.5, 0.6) is 0 Å². The van der Waals surface area contributed by atoms with E-state index in [1.54, 1.807) is 12.1 Å². The van der Waals surface area contributed by atoms with E-state index in [-0.39, 0.29) is 17.7 Å². The fourth-order valence-electron chi connectivity index (χ4n) is 4.02. The number of aromatic nitrogens is 1. The number of halogens is 1. The molecule has 0 saturated heterocycles. The van der Waals surface area contributed by atoms with Crippen LogP contribution in [0.3, 0.4) is 0 Å². The molecule has 1 aliphatic heterocycles. The molecule has 134 valence electrons. The van der Waals surface area contributed by atoms with Gasteiger partial charge in [-0.3, -0.25) is 0 Å². The van der Waals surface area contributed by atoms with Crippen LogP contribution in [0.25, 0.3) is 0 Å². The molecular weight excluding hydrogens is 341 g/mol. The van der Waals surface area contributed by atoms with Crippen molar-refractivity contribution < 1.29 is 8.81 Å². The monoisotopic (exact) mass is 359 g/mol. The minimum absolute atomic E-state index is 0.115. The van der Waals surface area contributed by atoms with Crippen molar-refractivity contribution in [1.29, 1.82) is 5.26 Å². The molecule has 0 radical (unpaired) electrons. The van der Waals surface area contributed by atoms with Crippen molar-refractivity contribution in [2.75, 3.05) is 11.4 Å². The summed E-state index contributed by atoms with van der Waals surface area (Å²) in [5, 5.41) is 9.53. The fraction of sp³-hybridized carbons (Fsp3) is 0.273. The standard InChI is InChI=1S/C22H18FN3O/c23-17-7-3-6-15(10-17)18-11-19(18)21-25-20(12-24)22(27-21)26-9-8-14-4-1-2-5-16(14)13-26/h1-7,10,18-19H,8-9,11,13H2. The number of rotatable bonds is 3. The highest BCUT2D eigenvalue weighted by molar-refractivity contribution is 5.51. The predicted molar refractivity (Wildman–Crippen MR) is 98.9 cm³/mol. The maximum Gasteiger partial charge on any atom is 0.235 e. The zero-order valence-corrected chi connectivity index (χ0v) is 14.7. The van der Waals surface area contributed by atoms with E-state index in [0.717, 1.165) is 31.5 Å². The number of nitrogens with zero attached hydrogens (tertiary/aromatic N) is 3. The number of nitriles is 1. The lowest BCUT2D eigenvalue weighted by Gasteiger charge is -2.28. The summed E-state index contributed by atoms with van der Waals surface area (Å²) >= 11 is 0. The second-order valence-corrected chi connectivity index (χ2v) is 7.26. The summed E-state index contributed by atoms with van der Waals surface area (Å²) in [4.78, 5) is 6.55. The second kappa shape index (κ2) is 6.24. The van der Waals surface area contributed by atoms with Crippen LogP contribution in [0.1, 0.15) is 46.5 Å². The quantitative estimate of drug-likeness (QED) is 0.690. The fourth-order valence-corrected chi connectivity index (χ4v) is 4.02. The van der Waals surface area contributed by atoms with E-state index < -0.39 is 0 Å². The predicted octanol–water partition coefficient (Wildman–Crippen LogP) is 4.52. The second-order valence-electron chi connectivity index (χ2n) is 7.26. The van der Waals surface area contributed by atoms with Crippen LogP contribution in [0, 0.1) is 17.1 Å². The van der Waals surface area contributed by atoms with Gasteiger partial charge in [-0.05, 0) is 47.6 Å². The molecule has 1 saturated carbocycles. The first-order valence-corrected chi connectivity index (χ1v) is 9.21. The topological polar surface area (TPSA) is 53.1 Å². The van der Waals surface area contributed by atoms with Crippen LogP contribution >= 0.6 is 0 Å². The van der Waals surface area contributed by atoms with Crippen molar-refractivity contribution in [1.82, 2.24) is 4.98 Å². The summed E-state index contributed by atoms with van der Waals surface area (Å²) in [6, 6.07) is 17.2. The van der Waals surface area contributed by atoms with E-state index in [2.05, 4.69) is 34.2 Å². The molecule has 2 aliphatic rings. The van der Waals surface area contributed by atoms with Crippen molar-refractivity contribution in [3.05, 3.63) is 82.6 Å². The lowest BCUT2D eigenvalue weighted by molar-refractivity contribution is 0.479. The lowest BCUT2D eigenvalue weighted by atomic mass is 10.00. The van der Waals surface area contributed by atoms with E-state index in [1.165, 1.54) is 17.2 Å². The maximum atomic E-state index is 13.5. The molecular formula is C22H18FN3O. The lowest BCUT2D eigenvalue weighted by Crippen LogP contribution is -2.30. The zero-order chi connectivity index (χ0) is 18.4. The van der Waals surface area contributed by atoms with Crippen molar-refractivity contribution in [2.45, 2.75) is 31.2 Å². The Balaban J connectivity index is 1.40. The van der Waals surface area contributed by atoms with Gasteiger partial charge in [-0.25, -0.2) is 9.37 Å². The molecule has 1 aliphatic carbocycles. The number of fused-ring (bicyclic) bond motifs is 1. The molecule has 2 aromatic carbocycles. The summed E-state index contributed by atoms with van der Waals surface area (Å²) in [6.45, 7) is 1.52. The third-order valence-electron chi connectivity index (χ3n) is 5.53. The molecule has 2 unspecified atom stereocenters. The Morgan fingerprint density at radius 2 is 1.96 bits per heavy atom. The Labute approximate surface area is 156 Å². The normalized spacial score (nSPS) is 20.8. The van der Waals surface area contributed by atoms with Gasteiger partial charge in [-0.2, -0.15) is 5.26 Å². The van der Waals surface area contributed by atoms with Crippen LogP contribution in [0.15, 0.2) is 52.9 Å². The van der Waals surface area contributed by atoms with Gasteiger partial charge in [0, 0.05) is 19.0 Å². The van der Waals surface area contributed by atoms with Crippen molar-refractivity contribution in [3.8, 4) is 6.07 Å². The molecule has 27 heavy (non-hydrogen) atoms. The van der Waals surface area contributed by atoms with Gasteiger partial charge < -0.3 is 9.32 Å². The Morgan fingerprint density at radius 1 is 1.11 bits per heavy atom. The van der Waals surface area contributed by atoms with Gasteiger partial charge in [0.2, 0.25) is 17.5 Å². The molecule has 3 aromatic rings. The molecule has 5 rings (SSSR count). The first-order chi connectivity index (χ1) is 13.2. The van der Waals surface area contributed by atoms with Gasteiger partial charge in [0.25, 0.3) is 0 Å². The third-order valence-corrected chi connectivity index (χ3v) is 5.53. The van der Waals surface area contributed by atoms with E-state index in [1.807, 2.05) is 12.1 Å². The van der Waals surface area contributed by atoms with Gasteiger partial charge in [-0.1, -0.05) is 36.4 Å². The molecule has 4 nitrogen and oxygen atoms in total. The highest BCUT2D eigenvalue weighted by Crippen LogP contribution is 2.55. The Bertz CT molecular complexity index is 1050. The SMILES string of the molecule is N#Cc1nc(C2CC2c2cccc(F)c2)oc1N1CCc2ccccc2C1. The highest BCUT2D eigenvalue weighted by atomic mass is 19.1. The summed E-state index contributed by atoms with van der Waals surface area (Å²) in [5.74, 6) is 1.25. The number of oxazole rings is 1. The average molecular weight is 359 g/mol. The molecule has 1 fully saturated rings. The van der Waals surface area contributed by atoms with Gasteiger partial charge >= 0.3 is 0 Å². The average Bonchev–Trinajstić information content (AvgIpc) is 3.39. The molecule has 5 heteroatoms. The van der Waals surface area contributed by atoms with Crippen molar-refractivity contribution >= 4 is 5.88 Å². The Morgan fingerprint density at radius 3 is 2.78 bits per heavy atom. The van der Waals surface area contributed by atoms with Crippen LogP contribution in [0.4, 0.5) is 10.3 Å². The summed E-state index contributed by atoms with van der Waals surface area (Å²) in [6.07, 6.45) is 1.80. The molecule has 2 heterocycles. The molecule has 0 N–H and O–H groups in total. The molecule has 1 aromatic heterocycles. The van der Waals surface area contributed by atoms with Gasteiger partial charge in [-0.15, -0.1) is 0 Å². The smallest absolute Gasteiger partial charge is 0.235 e. The number of anilines is 1. The van der Waals surface area contributed by atoms with Gasteiger partial charge in [0.1, 0.15) is 11.9 Å².